The Morgan fingerprint density at radius 2 is 1.78 bits per heavy atom. The number of allylic oxidation sites excluding steroid dienone is 2. The highest BCUT2D eigenvalue weighted by Gasteiger charge is 2.26. The fourth-order valence-corrected chi connectivity index (χ4v) is 6.25. The van der Waals surface area contributed by atoms with Crippen molar-refractivity contribution in [1.82, 2.24) is 9.55 Å². The zero-order chi connectivity index (χ0) is 17.6. The highest BCUT2D eigenvalue weighted by Crippen LogP contribution is 2.59. The molecule has 0 aliphatic rings. The first-order chi connectivity index (χ1) is 10.6. The highest BCUT2D eigenvalue weighted by molar-refractivity contribution is 7.66. The number of hydrogen-bond donors (Lipinski definition) is 1. The van der Waals surface area contributed by atoms with Crippen LogP contribution in [0.5, 0.6) is 0 Å². The minimum Gasteiger partial charge on any atom is -0.297 e. The second-order valence-corrected chi connectivity index (χ2v) is 9.67. The van der Waals surface area contributed by atoms with E-state index in [0.29, 0.717) is 5.56 Å². The van der Waals surface area contributed by atoms with Crippen LogP contribution in [0.1, 0.15) is 5.56 Å². The molecule has 0 saturated carbocycles. The van der Waals surface area contributed by atoms with Crippen molar-refractivity contribution in [2.24, 2.45) is 0 Å². The lowest BCUT2D eigenvalue weighted by atomic mass is 10.4. The normalized spacial score (nSPS) is 17.0. The van der Waals surface area contributed by atoms with Crippen molar-refractivity contribution in [3.63, 3.8) is 0 Å². The van der Waals surface area contributed by atoms with Gasteiger partial charge < -0.3 is 0 Å². The first kappa shape index (κ1) is 20.1. The van der Waals surface area contributed by atoms with Crippen molar-refractivity contribution in [2.75, 3.05) is 19.5 Å². The van der Waals surface area contributed by atoms with Crippen molar-refractivity contribution in [2.45, 2.75) is 13.5 Å². The highest BCUT2D eigenvalue weighted by atomic mass is 31.3. The van der Waals surface area contributed by atoms with Gasteiger partial charge in [-0.3, -0.25) is 36.7 Å². The molecule has 0 radical (unpaired) electrons. The van der Waals surface area contributed by atoms with Crippen LogP contribution >= 0.6 is 23.7 Å². The maximum Gasteiger partial charge on any atom is 0.345 e. The number of nitrogens with one attached hydrogen (secondary N) is 1. The molecule has 0 spiro atoms. The Morgan fingerprint density at radius 1 is 1.22 bits per heavy atom. The summed E-state index contributed by atoms with van der Waals surface area (Å²) in [6.45, 7) is 4.19. The number of aromatic nitrogens is 2. The van der Waals surface area contributed by atoms with Crippen molar-refractivity contribution in [3.8, 4) is 0 Å². The summed E-state index contributed by atoms with van der Waals surface area (Å²) < 4.78 is 45.4. The molecule has 1 heterocycles. The third-order valence-electron chi connectivity index (χ3n) is 2.52. The van der Waals surface area contributed by atoms with Gasteiger partial charge in [0.1, 0.15) is 0 Å². The summed E-state index contributed by atoms with van der Waals surface area (Å²) in [7, 11) is -8.81. The Morgan fingerprint density at radius 3 is 2.30 bits per heavy atom. The molecular weight excluding hydrogens is 365 g/mol. The summed E-state index contributed by atoms with van der Waals surface area (Å²) in [5.41, 5.74) is -0.648. The van der Waals surface area contributed by atoms with Gasteiger partial charge in [-0.15, -0.1) is 0 Å². The van der Waals surface area contributed by atoms with Gasteiger partial charge in [-0.05, 0) is 6.92 Å². The number of aryl methyl sites for hydroxylation is 1. The summed E-state index contributed by atoms with van der Waals surface area (Å²) in [6.07, 6.45) is 4.10. The average molecular weight is 384 g/mol. The first-order valence-electron chi connectivity index (χ1n) is 6.58. The van der Waals surface area contributed by atoms with Crippen molar-refractivity contribution in [3.05, 3.63) is 44.8 Å². The third kappa shape index (κ3) is 6.98. The first-order valence-corrected chi connectivity index (χ1v) is 11.9. The molecule has 0 aliphatic carbocycles. The van der Waals surface area contributed by atoms with E-state index in [9.17, 15) is 23.3 Å². The Balaban J connectivity index is 2.80. The fraction of sp³-hybridized carbons (Fsp3) is 0.455. The molecule has 0 aromatic carbocycles. The van der Waals surface area contributed by atoms with Gasteiger partial charge in [-0.2, -0.15) is 0 Å². The van der Waals surface area contributed by atoms with Crippen molar-refractivity contribution in [1.29, 1.82) is 0 Å². The van der Waals surface area contributed by atoms with Crippen molar-refractivity contribution < 1.29 is 22.3 Å². The summed E-state index contributed by atoms with van der Waals surface area (Å²) in [5.74, 6) is 0. The van der Waals surface area contributed by atoms with Crippen LogP contribution in [0.15, 0.2) is 27.9 Å². The topological polar surface area (TPSA) is 125 Å². The van der Waals surface area contributed by atoms with E-state index in [0.717, 1.165) is 0 Å². The standard InChI is InChI=1S/C11H19N2O7P3/c1-9-8-13(11(15)12-10(9)14)6-4-5-7-23(18,19-21(2)16)20-22(3)17/h4-5,8,21-22H,6-7H2,1-3H3,(H,12,14,15)/b5-4-. The van der Waals surface area contributed by atoms with E-state index in [4.69, 9.17) is 8.62 Å². The van der Waals surface area contributed by atoms with E-state index in [1.807, 2.05) is 0 Å². The summed E-state index contributed by atoms with van der Waals surface area (Å²) in [5, 5.41) is 0. The van der Waals surface area contributed by atoms with Gasteiger partial charge in [0.25, 0.3) is 5.56 Å². The second-order valence-electron chi connectivity index (χ2n) is 4.65. The number of H-pyrrole nitrogens is 1. The van der Waals surface area contributed by atoms with E-state index in [-0.39, 0.29) is 12.7 Å². The van der Waals surface area contributed by atoms with Crippen LogP contribution in [0.4, 0.5) is 0 Å². The van der Waals surface area contributed by atoms with Crippen LogP contribution in [0, 0.1) is 6.92 Å². The predicted octanol–water partition coefficient (Wildman–Crippen LogP) is 1.84. The van der Waals surface area contributed by atoms with Gasteiger partial charge in [0.2, 0.25) is 0 Å². The monoisotopic (exact) mass is 384 g/mol. The van der Waals surface area contributed by atoms with Crippen LogP contribution in [-0.2, 0) is 28.9 Å². The van der Waals surface area contributed by atoms with Gasteiger partial charge in [-0.25, -0.2) is 4.79 Å². The summed E-state index contributed by atoms with van der Waals surface area (Å²) in [6, 6.07) is 0. The molecule has 0 amide bonds. The number of rotatable bonds is 8. The zero-order valence-corrected chi connectivity index (χ0v) is 15.8. The third-order valence-corrected chi connectivity index (χ3v) is 7.46. The lowest BCUT2D eigenvalue weighted by Crippen LogP contribution is -2.30. The Labute approximate surface area is 134 Å². The van der Waals surface area contributed by atoms with Gasteiger partial charge in [-0.1, -0.05) is 12.2 Å². The molecule has 1 aromatic heterocycles. The molecule has 130 valence electrons. The lowest BCUT2D eigenvalue weighted by Gasteiger charge is -2.14. The lowest BCUT2D eigenvalue weighted by molar-refractivity contribution is 0.397. The number of aromatic amines is 1. The molecule has 2 unspecified atom stereocenters. The summed E-state index contributed by atoms with van der Waals surface area (Å²) in [4.78, 5) is 25.0. The minimum absolute atomic E-state index is 0.124. The largest absolute Gasteiger partial charge is 0.345 e. The number of hydrogen-bond acceptors (Lipinski definition) is 7. The molecule has 0 fully saturated rings. The van der Waals surface area contributed by atoms with Gasteiger partial charge in [0, 0.05) is 31.6 Å². The molecule has 1 aromatic rings. The maximum atomic E-state index is 12.3. The van der Waals surface area contributed by atoms with E-state index in [2.05, 4.69) is 4.98 Å². The quantitative estimate of drug-likeness (QED) is 0.536. The molecule has 0 saturated heterocycles. The van der Waals surface area contributed by atoms with Crippen LogP contribution < -0.4 is 11.2 Å². The zero-order valence-electron chi connectivity index (χ0n) is 12.9. The fourth-order valence-electron chi connectivity index (χ4n) is 1.63. The molecule has 1 rings (SSSR count). The SMILES string of the molecule is Cc1cn(C/C=C\CP(=O)(O[PH](C)=O)O[PH](C)=O)c(=O)[nH]c1=O. The number of nitrogens with zero attached hydrogens (tertiary/aromatic N) is 1. The van der Waals surface area contributed by atoms with Crippen LogP contribution in [0.2, 0.25) is 0 Å². The van der Waals surface area contributed by atoms with Gasteiger partial charge in [0.15, 0.2) is 16.1 Å². The Kier molecular flexibility index (Phi) is 7.65. The molecule has 0 aliphatic heterocycles. The van der Waals surface area contributed by atoms with Crippen LogP contribution in [0.3, 0.4) is 0 Å². The van der Waals surface area contributed by atoms with Gasteiger partial charge in [0.05, 0.1) is 6.16 Å². The molecule has 2 atom stereocenters. The van der Waals surface area contributed by atoms with Crippen molar-refractivity contribution >= 4 is 23.7 Å². The Hall–Kier alpha value is -0.970. The molecule has 9 nitrogen and oxygen atoms in total. The average Bonchev–Trinajstić information content (AvgIpc) is 2.38. The van der Waals surface area contributed by atoms with Gasteiger partial charge >= 0.3 is 13.3 Å². The molecule has 0 bridgehead atoms. The van der Waals surface area contributed by atoms with Crippen LogP contribution in [0.25, 0.3) is 0 Å². The maximum absolute atomic E-state index is 12.3. The van der Waals surface area contributed by atoms with E-state index < -0.39 is 34.9 Å². The molecular formula is C11H19N2O7P3. The molecule has 1 N–H and O–H groups in total. The second kappa shape index (κ2) is 8.76. The summed E-state index contributed by atoms with van der Waals surface area (Å²) >= 11 is 0. The Bertz CT molecular complexity index is 776. The predicted molar refractivity (Wildman–Crippen MR) is 89.7 cm³/mol. The van der Waals surface area contributed by atoms with E-state index in [1.165, 1.54) is 36.2 Å². The van der Waals surface area contributed by atoms with Crippen LogP contribution in [-0.4, -0.2) is 29.0 Å². The van der Waals surface area contributed by atoms with E-state index >= 15 is 0 Å². The molecule has 12 heteroatoms. The molecule has 23 heavy (non-hydrogen) atoms. The minimum atomic E-state index is -3.75. The smallest absolute Gasteiger partial charge is 0.297 e. The van der Waals surface area contributed by atoms with E-state index in [1.54, 1.807) is 6.92 Å².